The number of halogens is 4. The molecule has 100 valence electrons. The van der Waals surface area contributed by atoms with Crippen molar-refractivity contribution in [2.24, 2.45) is 0 Å². The second-order valence-electron chi connectivity index (χ2n) is 4.07. The maximum absolute atomic E-state index is 13.3. The highest BCUT2D eigenvalue weighted by Gasteiger charge is 2.09. The monoisotopic (exact) mass is 362 g/mol. The van der Waals surface area contributed by atoms with E-state index in [-0.39, 0.29) is 10.0 Å². The SMILES string of the molecule is Cc1cc(Nc2cc(Cl)c(F)c(Cl)c2)c(Br)cc1N. The first kappa shape index (κ1) is 14.4. The predicted octanol–water partition coefficient (Wildman–Crippen LogP) is 5.53. The van der Waals surface area contributed by atoms with Crippen molar-refractivity contribution in [2.45, 2.75) is 6.92 Å². The van der Waals surface area contributed by atoms with Crippen LogP contribution in [-0.2, 0) is 0 Å². The zero-order valence-electron chi connectivity index (χ0n) is 9.90. The van der Waals surface area contributed by atoms with Crippen molar-refractivity contribution in [3.8, 4) is 0 Å². The number of nitrogen functional groups attached to an aromatic ring is 1. The lowest BCUT2D eigenvalue weighted by Crippen LogP contribution is -1.96. The standard InChI is InChI=1S/C13H10BrCl2FN2/c1-6-2-12(8(14)5-11(6)18)19-7-3-9(15)13(17)10(16)4-7/h2-5,19H,18H2,1H3. The summed E-state index contributed by atoms with van der Waals surface area (Å²) in [5, 5.41) is 3.05. The van der Waals surface area contributed by atoms with Crippen molar-refractivity contribution in [1.29, 1.82) is 0 Å². The molecule has 0 saturated carbocycles. The Balaban J connectivity index is 2.39. The van der Waals surface area contributed by atoms with E-state index >= 15 is 0 Å². The molecule has 0 heterocycles. The number of hydrogen-bond donors (Lipinski definition) is 2. The van der Waals surface area contributed by atoms with Gasteiger partial charge >= 0.3 is 0 Å². The average molecular weight is 364 g/mol. The fraction of sp³-hybridized carbons (Fsp3) is 0.0769. The minimum Gasteiger partial charge on any atom is -0.398 e. The largest absolute Gasteiger partial charge is 0.398 e. The van der Waals surface area contributed by atoms with E-state index < -0.39 is 5.82 Å². The Labute approximate surface area is 128 Å². The highest BCUT2D eigenvalue weighted by molar-refractivity contribution is 9.10. The van der Waals surface area contributed by atoms with Crippen LogP contribution < -0.4 is 11.1 Å². The maximum Gasteiger partial charge on any atom is 0.160 e. The normalized spacial score (nSPS) is 10.6. The molecule has 0 fully saturated rings. The molecule has 0 aliphatic rings. The van der Waals surface area contributed by atoms with Crippen LogP contribution in [0.15, 0.2) is 28.7 Å². The lowest BCUT2D eigenvalue weighted by atomic mass is 10.2. The summed E-state index contributed by atoms with van der Waals surface area (Å²) in [4.78, 5) is 0. The molecule has 0 unspecified atom stereocenters. The molecule has 2 aromatic carbocycles. The number of nitrogens with one attached hydrogen (secondary N) is 1. The van der Waals surface area contributed by atoms with Gasteiger partial charge in [0, 0.05) is 15.8 Å². The van der Waals surface area contributed by atoms with Gasteiger partial charge < -0.3 is 11.1 Å². The number of hydrogen-bond acceptors (Lipinski definition) is 2. The summed E-state index contributed by atoms with van der Waals surface area (Å²) in [5.74, 6) is -0.624. The smallest absolute Gasteiger partial charge is 0.160 e. The summed E-state index contributed by atoms with van der Waals surface area (Å²) < 4.78 is 14.1. The molecular formula is C13H10BrCl2FN2. The van der Waals surface area contributed by atoms with Gasteiger partial charge in [-0.2, -0.15) is 0 Å². The summed E-state index contributed by atoms with van der Waals surface area (Å²) in [6.07, 6.45) is 0. The number of rotatable bonds is 2. The van der Waals surface area contributed by atoms with Gasteiger partial charge in [0.25, 0.3) is 0 Å². The van der Waals surface area contributed by atoms with Gasteiger partial charge in [-0.25, -0.2) is 4.39 Å². The van der Waals surface area contributed by atoms with E-state index in [9.17, 15) is 4.39 Å². The number of nitrogens with two attached hydrogens (primary N) is 1. The first-order valence-corrected chi connectivity index (χ1v) is 6.90. The number of aryl methyl sites for hydroxylation is 1. The van der Waals surface area contributed by atoms with Crippen LogP contribution in [0.3, 0.4) is 0 Å². The van der Waals surface area contributed by atoms with E-state index in [0.29, 0.717) is 11.4 Å². The first-order valence-electron chi connectivity index (χ1n) is 5.35. The van der Waals surface area contributed by atoms with Crippen molar-refractivity contribution in [2.75, 3.05) is 11.1 Å². The molecule has 3 N–H and O–H groups in total. The fourth-order valence-electron chi connectivity index (χ4n) is 1.58. The Kier molecular flexibility index (Phi) is 4.23. The van der Waals surface area contributed by atoms with Crippen LogP contribution in [0.2, 0.25) is 10.0 Å². The Morgan fingerprint density at radius 2 is 1.74 bits per heavy atom. The topological polar surface area (TPSA) is 38.0 Å². The second-order valence-corrected chi connectivity index (χ2v) is 5.74. The Hall–Kier alpha value is -0.970. The van der Waals surface area contributed by atoms with Gasteiger partial charge in [-0.3, -0.25) is 0 Å². The van der Waals surface area contributed by atoms with Gasteiger partial charge in [0.05, 0.1) is 15.7 Å². The molecular weight excluding hydrogens is 354 g/mol. The third-order valence-electron chi connectivity index (χ3n) is 2.62. The highest BCUT2D eigenvalue weighted by Crippen LogP contribution is 2.33. The van der Waals surface area contributed by atoms with Crippen LogP contribution in [0, 0.1) is 12.7 Å². The molecule has 0 aliphatic heterocycles. The quantitative estimate of drug-likeness (QED) is 0.543. The highest BCUT2D eigenvalue weighted by atomic mass is 79.9. The van der Waals surface area contributed by atoms with Gasteiger partial charge in [-0.1, -0.05) is 23.2 Å². The summed E-state index contributed by atoms with van der Waals surface area (Å²) in [6.45, 7) is 1.90. The van der Waals surface area contributed by atoms with E-state index in [1.807, 2.05) is 13.0 Å². The van der Waals surface area contributed by atoms with E-state index in [2.05, 4.69) is 21.2 Å². The van der Waals surface area contributed by atoms with E-state index in [4.69, 9.17) is 28.9 Å². The predicted molar refractivity (Wildman–Crippen MR) is 83.0 cm³/mol. The Bertz CT molecular complexity index is 624. The molecule has 2 rings (SSSR count). The Morgan fingerprint density at radius 3 is 2.32 bits per heavy atom. The minimum atomic E-state index is -0.624. The molecule has 2 aromatic rings. The zero-order chi connectivity index (χ0) is 14.2. The van der Waals surface area contributed by atoms with Gasteiger partial charge in [0.1, 0.15) is 0 Å². The molecule has 0 aliphatic carbocycles. The minimum absolute atomic E-state index is 0.0294. The lowest BCUT2D eigenvalue weighted by molar-refractivity contribution is 0.629. The van der Waals surface area contributed by atoms with Gasteiger partial charge in [-0.15, -0.1) is 0 Å². The van der Waals surface area contributed by atoms with Crippen LogP contribution in [0.25, 0.3) is 0 Å². The van der Waals surface area contributed by atoms with Crippen LogP contribution in [0.5, 0.6) is 0 Å². The van der Waals surface area contributed by atoms with E-state index in [1.54, 1.807) is 6.07 Å². The molecule has 0 saturated heterocycles. The van der Waals surface area contributed by atoms with Crippen LogP contribution in [0.1, 0.15) is 5.56 Å². The molecule has 0 atom stereocenters. The van der Waals surface area contributed by atoms with Crippen molar-refractivity contribution in [1.82, 2.24) is 0 Å². The summed E-state index contributed by atoms with van der Waals surface area (Å²) in [5.41, 5.74) is 8.82. The van der Waals surface area contributed by atoms with Gasteiger partial charge in [-0.05, 0) is 52.7 Å². The van der Waals surface area contributed by atoms with Crippen molar-refractivity contribution < 1.29 is 4.39 Å². The molecule has 0 aromatic heterocycles. The van der Waals surface area contributed by atoms with E-state index in [1.165, 1.54) is 12.1 Å². The van der Waals surface area contributed by atoms with Crippen molar-refractivity contribution in [3.05, 3.63) is 50.2 Å². The molecule has 6 heteroatoms. The molecule has 19 heavy (non-hydrogen) atoms. The average Bonchev–Trinajstić information content (AvgIpc) is 2.33. The maximum atomic E-state index is 13.3. The second kappa shape index (κ2) is 5.57. The van der Waals surface area contributed by atoms with Crippen LogP contribution in [0.4, 0.5) is 21.5 Å². The fourth-order valence-corrected chi connectivity index (χ4v) is 2.52. The number of anilines is 3. The van der Waals surface area contributed by atoms with Crippen LogP contribution in [-0.4, -0.2) is 0 Å². The van der Waals surface area contributed by atoms with Crippen LogP contribution >= 0.6 is 39.1 Å². The third kappa shape index (κ3) is 3.14. The summed E-state index contributed by atoms with van der Waals surface area (Å²) >= 11 is 14.9. The molecule has 0 spiro atoms. The molecule has 0 amide bonds. The summed E-state index contributed by atoms with van der Waals surface area (Å²) in [6, 6.07) is 6.62. The Morgan fingerprint density at radius 1 is 1.16 bits per heavy atom. The van der Waals surface area contributed by atoms with Gasteiger partial charge in [0.2, 0.25) is 0 Å². The summed E-state index contributed by atoms with van der Waals surface area (Å²) in [7, 11) is 0. The zero-order valence-corrected chi connectivity index (χ0v) is 13.0. The van der Waals surface area contributed by atoms with Crippen molar-refractivity contribution >= 4 is 56.2 Å². The molecule has 0 radical (unpaired) electrons. The lowest BCUT2D eigenvalue weighted by Gasteiger charge is -2.12. The van der Waals surface area contributed by atoms with Gasteiger partial charge in [0.15, 0.2) is 5.82 Å². The van der Waals surface area contributed by atoms with E-state index in [0.717, 1.165) is 15.7 Å². The molecule has 2 nitrogen and oxygen atoms in total. The molecule has 0 bridgehead atoms. The third-order valence-corrected chi connectivity index (χ3v) is 3.82. The van der Waals surface area contributed by atoms with Crippen molar-refractivity contribution in [3.63, 3.8) is 0 Å². The number of benzene rings is 2. The first-order chi connectivity index (χ1) is 8.88.